The Morgan fingerprint density at radius 3 is 1.69 bits per heavy atom. The van der Waals surface area contributed by atoms with Crippen LogP contribution in [0.1, 0.15) is 35.6 Å². The summed E-state index contributed by atoms with van der Waals surface area (Å²) in [4.78, 5) is 19.0. The summed E-state index contributed by atoms with van der Waals surface area (Å²) < 4.78 is 38.5. The van der Waals surface area contributed by atoms with E-state index in [2.05, 4.69) is 5.16 Å². The second-order valence-electron chi connectivity index (χ2n) is 11.7. The van der Waals surface area contributed by atoms with Crippen molar-refractivity contribution in [2.45, 2.75) is 70.0 Å². The molecule has 4 aromatic rings. The highest BCUT2D eigenvalue weighted by atomic mass is 16.8. The highest BCUT2D eigenvalue weighted by Crippen LogP contribution is 2.42. The minimum Gasteiger partial charge on any atom is -0.461 e. The molecule has 9 nitrogen and oxygen atoms in total. The normalized spacial score (nSPS) is 23.4. The molecule has 6 rings (SSSR count). The molecule has 1 spiro atoms. The number of nitrogens with zero attached hydrogens (tertiary/aromatic N) is 1. The van der Waals surface area contributed by atoms with Gasteiger partial charge in [0.15, 0.2) is 11.8 Å². The fraction of sp³-hybridized carbons (Fsp3) is 0.333. The molecule has 0 aromatic heterocycles. The zero-order valence-electron chi connectivity index (χ0n) is 27.0. The monoisotopic (exact) mass is 651 g/mol. The van der Waals surface area contributed by atoms with Crippen LogP contribution in [-0.2, 0) is 64.5 Å². The minimum atomic E-state index is -1.51. The Morgan fingerprint density at radius 2 is 1.17 bits per heavy atom. The lowest BCUT2D eigenvalue weighted by Crippen LogP contribution is -2.67. The molecule has 4 aromatic carbocycles. The SMILES string of the molecule is CCOC(=O)C1=NO[C@@]2(C1)O[C@H](COCc1ccccc1)[C@@H](OCc1ccccc1)[C@H](OCc1ccccc1)[C@H]2OCc1ccccc1. The van der Waals surface area contributed by atoms with Crippen LogP contribution in [0.15, 0.2) is 126 Å². The summed E-state index contributed by atoms with van der Waals surface area (Å²) in [5.74, 6) is -2.08. The first kappa shape index (κ1) is 33.5. The van der Waals surface area contributed by atoms with E-state index in [1.807, 2.05) is 121 Å². The van der Waals surface area contributed by atoms with Crippen molar-refractivity contribution in [2.24, 2.45) is 5.16 Å². The highest BCUT2D eigenvalue weighted by Gasteiger charge is 2.62. The molecule has 1 fully saturated rings. The van der Waals surface area contributed by atoms with E-state index in [0.717, 1.165) is 22.3 Å². The Kier molecular flexibility index (Phi) is 11.6. The van der Waals surface area contributed by atoms with Crippen molar-refractivity contribution in [1.29, 1.82) is 0 Å². The van der Waals surface area contributed by atoms with Crippen molar-refractivity contribution in [3.63, 3.8) is 0 Å². The molecule has 0 N–H and O–H groups in total. The van der Waals surface area contributed by atoms with E-state index in [4.69, 9.17) is 33.3 Å². The van der Waals surface area contributed by atoms with Crippen LogP contribution in [0, 0.1) is 0 Å². The first-order valence-electron chi connectivity index (χ1n) is 16.3. The van der Waals surface area contributed by atoms with Crippen LogP contribution in [0.4, 0.5) is 0 Å². The summed E-state index contributed by atoms with van der Waals surface area (Å²) >= 11 is 0. The third kappa shape index (κ3) is 8.55. The van der Waals surface area contributed by atoms with E-state index in [0.29, 0.717) is 13.2 Å². The van der Waals surface area contributed by atoms with Gasteiger partial charge in [0.2, 0.25) is 0 Å². The zero-order valence-corrected chi connectivity index (χ0v) is 27.0. The minimum absolute atomic E-state index is 0.00290. The molecule has 2 heterocycles. The zero-order chi connectivity index (χ0) is 33.0. The number of hydrogen-bond acceptors (Lipinski definition) is 9. The number of ether oxygens (including phenoxy) is 6. The van der Waals surface area contributed by atoms with Gasteiger partial charge in [0.1, 0.15) is 18.3 Å². The average Bonchev–Trinajstić information content (AvgIpc) is 3.56. The van der Waals surface area contributed by atoms with Gasteiger partial charge >= 0.3 is 5.97 Å². The quantitative estimate of drug-likeness (QED) is 0.137. The van der Waals surface area contributed by atoms with Crippen molar-refractivity contribution < 1.29 is 38.1 Å². The number of carbonyl (C=O) groups is 1. The lowest BCUT2D eigenvalue weighted by Gasteiger charge is -2.49. The average molecular weight is 652 g/mol. The standard InChI is InChI=1S/C39H41NO8/c1-2-43-38(41)33-23-39(48-40-33)37(46-27-32-21-13-6-14-22-32)36(45-26-31-19-11-5-12-20-31)35(44-25-30-17-9-4-10-18-30)34(47-39)28-42-24-29-15-7-3-8-16-29/h3-22,34-37H,2,23-28H2,1H3/t34-,35-,36+,37-,39-/m1/s1. The molecule has 5 atom stereocenters. The molecule has 0 radical (unpaired) electrons. The first-order chi connectivity index (χ1) is 23.6. The molecule has 0 unspecified atom stereocenters. The van der Waals surface area contributed by atoms with Crippen molar-refractivity contribution >= 4 is 11.7 Å². The third-order valence-electron chi connectivity index (χ3n) is 8.24. The van der Waals surface area contributed by atoms with E-state index in [9.17, 15) is 4.79 Å². The van der Waals surface area contributed by atoms with Crippen molar-refractivity contribution in [3.8, 4) is 0 Å². The molecule has 0 aliphatic carbocycles. The van der Waals surface area contributed by atoms with Gasteiger partial charge in [0.05, 0.1) is 46.1 Å². The summed E-state index contributed by atoms with van der Waals surface area (Å²) in [7, 11) is 0. The Bertz CT molecular complexity index is 1590. The summed E-state index contributed by atoms with van der Waals surface area (Å²) in [5, 5.41) is 4.17. The van der Waals surface area contributed by atoms with Gasteiger partial charge in [0.25, 0.3) is 5.79 Å². The van der Waals surface area contributed by atoms with Gasteiger partial charge in [-0.15, -0.1) is 0 Å². The van der Waals surface area contributed by atoms with Gasteiger partial charge in [-0.05, 0) is 29.2 Å². The van der Waals surface area contributed by atoms with Gasteiger partial charge in [-0.3, -0.25) is 0 Å². The first-order valence-corrected chi connectivity index (χ1v) is 16.3. The molecule has 250 valence electrons. The molecule has 0 saturated carbocycles. The van der Waals surface area contributed by atoms with Gasteiger partial charge in [-0.1, -0.05) is 126 Å². The van der Waals surface area contributed by atoms with Crippen LogP contribution in [0.3, 0.4) is 0 Å². The predicted molar refractivity (Wildman–Crippen MR) is 179 cm³/mol. The fourth-order valence-corrected chi connectivity index (χ4v) is 5.89. The predicted octanol–water partition coefficient (Wildman–Crippen LogP) is 6.39. The number of carbonyl (C=O) groups excluding carboxylic acids is 1. The molecular formula is C39H41NO8. The maximum absolute atomic E-state index is 12.9. The van der Waals surface area contributed by atoms with Gasteiger partial charge in [0, 0.05) is 0 Å². The smallest absolute Gasteiger partial charge is 0.356 e. The van der Waals surface area contributed by atoms with E-state index < -0.39 is 36.2 Å². The van der Waals surface area contributed by atoms with Crippen molar-refractivity contribution in [3.05, 3.63) is 144 Å². The Hall–Kier alpha value is -4.38. The molecule has 0 amide bonds. The maximum Gasteiger partial charge on any atom is 0.356 e. The molecule has 2 aliphatic heterocycles. The van der Waals surface area contributed by atoms with Crippen molar-refractivity contribution in [1.82, 2.24) is 0 Å². The van der Waals surface area contributed by atoms with Crippen LogP contribution in [-0.4, -0.2) is 55.1 Å². The van der Waals surface area contributed by atoms with E-state index in [1.54, 1.807) is 6.92 Å². The molecule has 2 aliphatic rings. The molecule has 1 saturated heterocycles. The molecule has 48 heavy (non-hydrogen) atoms. The number of oxime groups is 1. The van der Waals surface area contributed by atoms with Crippen LogP contribution in [0.2, 0.25) is 0 Å². The van der Waals surface area contributed by atoms with Crippen LogP contribution < -0.4 is 0 Å². The van der Waals surface area contributed by atoms with Crippen LogP contribution >= 0.6 is 0 Å². The lowest BCUT2D eigenvalue weighted by molar-refractivity contribution is -0.375. The Labute approximate surface area is 281 Å². The van der Waals surface area contributed by atoms with Gasteiger partial charge in [-0.2, -0.15) is 0 Å². The lowest BCUT2D eigenvalue weighted by atomic mass is 9.89. The summed E-state index contributed by atoms with van der Waals surface area (Å²) in [5.41, 5.74) is 4.06. The topological polar surface area (TPSA) is 94.0 Å². The second kappa shape index (κ2) is 16.6. The van der Waals surface area contributed by atoms with Gasteiger partial charge < -0.3 is 33.3 Å². The summed E-state index contributed by atoms with van der Waals surface area (Å²) in [6.07, 6.45) is -2.90. The number of benzene rings is 4. The third-order valence-corrected chi connectivity index (χ3v) is 8.24. The number of esters is 1. The molecule has 0 bridgehead atoms. The Morgan fingerprint density at radius 1 is 0.688 bits per heavy atom. The van der Waals surface area contributed by atoms with Crippen LogP contribution in [0.25, 0.3) is 0 Å². The highest BCUT2D eigenvalue weighted by molar-refractivity contribution is 6.36. The summed E-state index contributed by atoms with van der Waals surface area (Å²) in [6, 6.07) is 39.6. The maximum atomic E-state index is 12.9. The number of hydrogen-bond donors (Lipinski definition) is 0. The van der Waals surface area contributed by atoms with Crippen LogP contribution in [0.5, 0.6) is 0 Å². The van der Waals surface area contributed by atoms with Crippen molar-refractivity contribution in [2.75, 3.05) is 13.2 Å². The van der Waals surface area contributed by atoms with E-state index in [1.165, 1.54) is 0 Å². The second-order valence-corrected chi connectivity index (χ2v) is 11.7. The Balaban J connectivity index is 1.34. The van der Waals surface area contributed by atoms with Gasteiger partial charge in [-0.25, -0.2) is 4.79 Å². The largest absolute Gasteiger partial charge is 0.461 e. The molecular weight excluding hydrogens is 610 g/mol. The van der Waals surface area contributed by atoms with E-state index in [-0.39, 0.29) is 38.6 Å². The fourth-order valence-electron chi connectivity index (χ4n) is 5.89. The summed E-state index contributed by atoms with van der Waals surface area (Å²) in [6.45, 7) is 3.29. The van der Waals surface area contributed by atoms with E-state index >= 15 is 0 Å². The number of rotatable bonds is 15. The molecule has 9 heteroatoms.